The van der Waals surface area contributed by atoms with Gasteiger partial charge in [0, 0.05) is 26.1 Å². The number of hydrogen-bond donors (Lipinski definition) is 3. The summed E-state index contributed by atoms with van der Waals surface area (Å²) in [6.45, 7) is 3.35. The molecule has 4 N–H and O–H groups in total. The highest BCUT2D eigenvalue weighted by molar-refractivity contribution is 7.80. The lowest BCUT2D eigenvalue weighted by atomic mass is 10.2. The van der Waals surface area contributed by atoms with Gasteiger partial charge in [-0.05, 0) is 32.0 Å². The fourth-order valence-electron chi connectivity index (χ4n) is 1.19. The fourth-order valence-corrected chi connectivity index (χ4v) is 1.50. The summed E-state index contributed by atoms with van der Waals surface area (Å²) in [5.41, 5.74) is 5.02. The fraction of sp³-hybridized carbons (Fsp3) is 0.800. The van der Waals surface area contributed by atoms with Crippen LogP contribution in [0.3, 0.4) is 0 Å². The van der Waals surface area contributed by atoms with E-state index in [1.165, 1.54) is 0 Å². The van der Waals surface area contributed by atoms with Gasteiger partial charge >= 0.3 is 0 Å². The number of ether oxygens (including phenoxy) is 1. The van der Waals surface area contributed by atoms with Gasteiger partial charge < -0.3 is 21.1 Å². The minimum atomic E-state index is -0.255. The predicted molar refractivity (Wildman–Crippen MR) is 68.1 cm³/mol. The van der Waals surface area contributed by atoms with Crippen molar-refractivity contribution in [2.75, 3.05) is 20.3 Å². The second-order valence-electron chi connectivity index (χ2n) is 3.68. The average Bonchev–Trinajstić information content (AvgIpc) is 2.16. The van der Waals surface area contributed by atoms with E-state index in [9.17, 15) is 4.79 Å². The molecule has 1 unspecified atom stereocenters. The van der Waals surface area contributed by atoms with E-state index in [0.29, 0.717) is 18.1 Å². The molecule has 0 heterocycles. The van der Waals surface area contributed by atoms with E-state index in [1.54, 1.807) is 7.11 Å². The number of unbranched alkanes of at least 4 members (excludes halogenated alkanes) is 1. The zero-order chi connectivity index (χ0) is 12.4. The number of nitrogens with two attached hydrogens (primary N) is 1. The van der Waals surface area contributed by atoms with Crippen LogP contribution in [0.25, 0.3) is 0 Å². The molecular formula is C10H21N3O2S. The number of methoxy groups -OCH3 is 1. The maximum atomic E-state index is 10.5. The van der Waals surface area contributed by atoms with Crippen molar-refractivity contribution < 1.29 is 9.53 Å². The van der Waals surface area contributed by atoms with Gasteiger partial charge in [0.2, 0.25) is 5.91 Å². The summed E-state index contributed by atoms with van der Waals surface area (Å²) in [6, 6.07) is 0.190. The lowest BCUT2D eigenvalue weighted by Crippen LogP contribution is -2.42. The van der Waals surface area contributed by atoms with E-state index in [4.69, 9.17) is 22.7 Å². The van der Waals surface area contributed by atoms with Gasteiger partial charge in [-0.2, -0.15) is 0 Å². The molecule has 1 amide bonds. The summed E-state index contributed by atoms with van der Waals surface area (Å²) < 4.78 is 4.97. The molecule has 94 valence electrons. The van der Waals surface area contributed by atoms with Gasteiger partial charge in [-0.15, -0.1) is 0 Å². The third-order valence-corrected chi connectivity index (χ3v) is 2.19. The molecule has 0 aliphatic rings. The number of primary amides is 1. The van der Waals surface area contributed by atoms with Gasteiger partial charge in [0.1, 0.15) is 0 Å². The Hall–Kier alpha value is -0.880. The van der Waals surface area contributed by atoms with Gasteiger partial charge in [-0.1, -0.05) is 0 Å². The molecule has 0 spiro atoms. The third kappa shape index (κ3) is 9.67. The van der Waals surface area contributed by atoms with Crippen molar-refractivity contribution in [1.29, 1.82) is 0 Å². The number of hydrogen-bond acceptors (Lipinski definition) is 3. The van der Waals surface area contributed by atoms with Crippen LogP contribution < -0.4 is 16.4 Å². The molecule has 0 fully saturated rings. The second-order valence-corrected chi connectivity index (χ2v) is 4.09. The van der Waals surface area contributed by atoms with Crippen LogP contribution in [0.1, 0.15) is 26.2 Å². The molecule has 0 bridgehead atoms. The molecule has 0 aromatic carbocycles. The third-order valence-electron chi connectivity index (χ3n) is 1.93. The van der Waals surface area contributed by atoms with Crippen LogP contribution in [0.5, 0.6) is 0 Å². The smallest absolute Gasteiger partial charge is 0.217 e. The monoisotopic (exact) mass is 247 g/mol. The summed E-state index contributed by atoms with van der Waals surface area (Å²) in [4.78, 5) is 10.5. The van der Waals surface area contributed by atoms with Gasteiger partial charge in [0.15, 0.2) is 5.11 Å². The molecule has 0 aromatic heterocycles. The van der Waals surface area contributed by atoms with Crippen LogP contribution >= 0.6 is 12.2 Å². The Balaban J connectivity index is 3.40. The van der Waals surface area contributed by atoms with Gasteiger partial charge in [0.25, 0.3) is 0 Å². The lowest BCUT2D eigenvalue weighted by molar-refractivity contribution is -0.118. The van der Waals surface area contributed by atoms with E-state index in [0.717, 1.165) is 19.4 Å². The highest BCUT2D eigenvalue weighted by Gasteiger charge is 2.02. The molecule has 0 saturated heterocycles. The zero-order valence-corrected chi connectivity index (χ0v) is 10.7. The number of rotatable bonds is 8. The van der Waals surface area contributed by atoms with Crippen LogP contribution in [-0.2, 0) is 9.53 Å². The number of amides is 1. The van der Waals surface area contributed by atoms with Crippen LogP contribution in [0, 0.1) is 0 Å². The summed E-state index contributed by atoms with van der Waals surface area (Å²) in [5.74, 6) is -0.255. The molecular weight excluding hydrogens is 226 g/mol. The van der Waals surface area contributed by atoms with Gasteiger partial charge in [-0.3, -0.25) is 4.79 Å². The SMILES string of the molecule is COCC(C)NC(=S)NCCCCC(N)=O. The summed E-state index contributed by atoms with van der Waals surface area (Å²) in [6.07, 6.45) is 2.10. The average molecular weight is 247 g/mol. The molecule has 1 atom stereocenters. The Labute approximate surface area is 102 Å². The van der Waals surface area contributed by atoms with Crippen molar-refractivity contribution >= 4 is 23.2 Å². The Morgan fingerprint density at radius 3 is 2.75 bits per heavy atom. The Kier molecular flexibility index (Phi) is 8.84. The van der Waals surface area contributed by atoms with Crippen molar-refractivity contribution in [3.8, 4) is 0 Å². The van der Waals surface area contributed by atoms with Crippen LogP contribution in [0.15, 0.2) is 0 Å². The lowest BCUT2D eigenvalue weighted by Gasteiger charge is -2.15. The summed E-state index contributed by atoms with van der Waals surface area (Å²) >= 11 is 5.08. The van der Waals surface area contributed by atoms with E-state index < -0.39 is 0 Å². The molecule has 6 heteroatoms. The largest absolute Gasteiger partial charge is 0.383 e. The van der Waals surface area contributed by atoms with Crippen molar-refractivity contribution in [3.05, 3.63) is 0 Å². The first-order chi connectivity index (χ1) is 7.56. The Morgan fingerprint density at radius 2 is 2.19 bits per heavy atom. The van der Waals surface area contributed by atoms with Crippen LogP contribution in [0.4, 0.5) is 0 Å². The normalized spacial score (nSPS) is 11.9. The zero-order valence-electron chi connectivity index (χ0n) is 9.91. The van der Waals surface area contributed by atoms with Gasteiger partial charge in [-0.25, -0.2) is 0 Å². The summed E-state index contributed by atoms with van der Waals surface area (Å²) in [5, 5.41) is 6.76. The topological polar surface area (TPSA) is 76.4 Å². The first-order valence-electron chi connectivity index (χ1n) is 5.38. The minimum Gasteiger partial charge on any atom is -0.383 e. The van der Waals surface area contributed by atoms with Crippen molar-refractivity contribution in [2.24, 2.45) is 5.73 Å². The van der Waals surface area contributed by atoms with E-state index in [2.05, 4.69) is 10.6 Å². The first-order valence-corrected chi connectivity index (χ1v) is 5.78. The van der Waals surface area contributed by atoms with Crippen LogP contribution in [0.2, 0.25) is 0 Å². The van der Waals surface area contributed by atoms with Crippen molar-refractivity contribution in [3.63, 3.8) is 0 Å². The van der Waals surface area contributed by atoms with E-state index >= 15 is 0 Å². The molecule has 0 aliphatic carbocycles. The van der Waals surface area contributed by atoms with Crippen molar-refractivity contribution in [2.45, 2.75) is 32.2 Å². The second kappa shape index (κ2) is 9.35. The highest BCUT2D eigenvalue weighted by Crippen LogP contribution is 1.92. The maximum absolute atomic E-state index is 10.5. The molecule has 0 aliphatic heterocycles. The molecule has 0 rings (SSSR count). The molecule has 0 radical (unpaired) electrons. The maximum Gasteiger partial charge on any atom is 0.217 e. The Bertz CT molecular complexity index is 224. The number of nitrogens with one attached hydrogen (secondary N) is 2. The number of carbonyl (C=O) groups excluding carboxylic acids is 1. The predicted octanol–water partition coefficient (Wildman–Crippen LogP) is 0.141. The van der Waals surface area contributed by atoms with Crippen LogP contribution in [-0.4, -0.2) is 37.3 Å². The van der Waals surface area contributed by atoms with Crippen molar-refractivity contribution in [1.82, 2.24) is 10.6 Å². The quantitative estimate of drug-likeness (QED) is 0.420. The van der Waals surface area contributed by atoms with E-state index in [-0.39, 0.29) is 11.9 Å². The first kappa shape index (κ1) is 15.1. The standard InChI is InChI=1S/C10H21N3O2S/c1-8(7-15-2)13-10(16)12-6-4-3-5-9(11)14/h8H,3-7H2,1-2H3,(H2,11,14)(H2,12,13,16). The molecule has 0 saturated carbocycles. The molecule has 16 heavy (non-hydrogen) atoms. The summed E-state index contributed by atoms with van der Waals surface area (Å²) in [7, 11) is 1.65. The van der Waals surface area contributed by atoms with Gasteiger partial charge in [0.05, 0.1) is 6.61 Å². The number of thiocarbonyl (C=S) groups is 1. The highest BCUT2D eigenvalue weighted by atomic mass is 32.1. The number of carbonyl (C=O) groups is 1. The molecule has 5 nitrogen and oxygen atoms in total. The molecule has 0 aromatic rings. The Morgan fingerprint density at radius 1 is 1.50 bits per heavy atom. The minimum absolute atomic E-state index is 0.190. The van der Waals surface area contributed by atoms with E-state index in [1.807, 2.05) is 6.92 Å².